The van der Waals surface area contributed by atoms with Crippen LogP contribution >= 0.6 is 0 Å². The molecule has 0 aromatic carbocycles. The fourth-order valence-corrected chi connectivity index (χ4v) is 1.35. The molecule has 0 aliphatic rings. The lowest BCUT2D eigenvalue weighted by Gasteiger charge is -2.28. The van der Waals surface area contributed by atoms with Gasteiger partial charge in [-0.1, -0.05) is 20.8 Å². The number of hydrogen-bond donors (Lipinski definition) is 0. The minimum absolute atomic E-state index is 0.0399. The Morgan fingerprint density at radius 3 is 1.60 bits per heavy atom. The Balaban J connectivity index is 4.01. The highest BCUT2D eigenvalue weighted by molar-refractivity contribution is 5.25. The molecule has 0 N–H and O–H groups in total. The first-order chi connectivity index (χ1) is 4.27. The maximum atomic E-state index is 4.06. The molecule has 0 atom stereocenters. The summed E-state index contributed by atoms with van der Waals surface area (Å²) in [6, 6.07) is 0. The van der Waals surface area contributed by atoms with E-state index in [0.717, 1.165) is 6.42 Å². The summed E-state index contributed by atoms with van der Waals surface area (Å²) in [7, 11) is 0. The van der Waals surface area contributed by atoms with E-state index < -0.39 is 0 Å². The Morgan fingerprint density at radius 2 is 1.50 bits per heavy atom. The molecule has 0 aromatic rings. The summed E-state index contributed by atoms with van der Waals surface area (Å²) >= 11 is 0. The second kappa shape index (κ2) is 2.73. The summed E-state index contributed by atoms with van der Waals surface area (Å²) in [5, 5.41) is 0. The largest absolute Gasteiger partial charge is 0.295 e. The molecule has 0 rings (SSSR count). The zero-order valence-electron chi connectivity index (χ0n) is 7.86. The Hall–Kier alpha value is -0.330. The van der Waals surface area contributed by atoms with E-state index in [-0.39, 0.29) is 5.54 Å². The van der Waals surface area contributed by atoms with Crippen LogP contribution in [-0.2, 0) is 0 Å². The predicted octanol–water partition coefficient (Wildman–Crippen LogP) is 2.90. The molecule has 0 heterocycles. The molecule has 0 amide bonds. The topological polar surface area (TPSA) is 12.4 Å². The van der Waals surface area contributed by atoms with Gasteiger partial charge < -0.3 is 0 Å². The van der Waals surface area contributed by atoms with Crippen LogP contribution in [0.3, 0.4) is 0 Å². The summed E-state index contributed by atoms with van der Waals surface area (Å²) < 4.78 is 0. The minimum atomic E-state index is 0.0399. The highest BCUT2D eigenvalue weighted by Gasteiger charge is 2.23. The van der Waals surface area contributed by atoms with Gasteiger partial charge in [-0.05, 0) is 32.4 Å². The molecule has 1 heteroatoms. The van der Waals surface area contributed by atoms with Crippen LogP contribution in [0.2, 0.25) is 0 Å². The fourth-order valence-electron chi connectivity index (χ4n) is 1.35. The smallest absolute Gasteiger partial charge is 0.0549 e. The maximum Gasteiger partial charge on any atom is 0.0549 e. The van der Waals surface area contributed by atoms with E-state index in [0.29, 0.717) is 5.41 Å². The van der Waals surface area contributed by atoms with Crippen LogP contribution < -0.4 is 0 Å². The maximum absolute atomic E-state index is 4.06. The normalized spacial score (nSPS) is 13.3. The Morgan fingerprint density at radius 1 is 1.10 bits per heavy atom. The lowest BCUT2D eigenvalue weighted by atomic mass is 9.82. The average Bonchev–Trinajstić information content (AvgIpc) is 1.60. The number of rotatable bonds is 2. The molecule has 0 aromatic heterocycles. The molecule has 10 heavy (non-hydrogen) atoms. The van der Waals surface area contributed by atoms with E-state index in [1.165, 1.54) is 0 Å². The Bertz CT molecular complexity index is 117. The van der Waals surface area contributed by atoms with E-state index in [1.807, 2.05) is 0 Å². The number of hydrogen-bond acceptors (Lipinski definition) is 1. The lowest BCUT2D eigenvalue weighted by molar-refractivity contribution is 0.289. The van der Waals surface area contributed by atoms with Gasteiger partial charge in [0.25, 0.3) is 0 Å². The minimum Gasteiger partial charge on any atom is -0.295 e. The predicted molar refractivity (Wildman–Crippen MR) is 47.7 cm³/mol. The van der Waals surface area contributed by atoms with Crippen molar-refractivity contribution in [2.75, 3.05) is 0 Å². The van der Waals surface area contributed by atoms with Crippen molar-refractivity contribution in [1.82, 2.24) is 0 Å². The molecule has 0 spiro atoms. The highest BCUT2D eigenvalue weighted by Crippen LogP contribution is 2.28. The van der Waals surface area contributed by atoms with E-state index in [2.05, 4.69) is 46.3 Å². The third-order valence-electron chi connectivity index (χ3n) is 1.39. The summed E-state index contributed by atoms with van der Waals surface area (Å²) in [6.07, 6.45) is 1.09. The third-order valence-corrected chi connectivity index (χ3v) is 1.39. The second-order valence-corrected chi connectivity index (χ2v) is 4.71. The third kappa shape index (κ3) is 4.54. The second-order valence-electron chi connectivity index (χ2n) is 4.71. The first-order valence-electron chi connectivity index (χ1n) is 3.75. The zero-order valence-corrected chi connectivity index (χ0v) is 7.86. The van der Waals surface area contributed by atoms with Crippen molar-refractivity contribution < 1.29 is 0 Å². The van der Waals surface area contributed by atoms with E-state index in [4.69, 9.17) is 0 Å². The van der Waals surface area contributed by atoms with Gasteiger partial charge in [-0.15, -0.1) is 0 Å². The van der Waals surface area contributed by atoms with Crippen molar-refractivity contribution >= 4 is 6.72 Å². The van der Waals surface area contributed by atoms with Crippen LogP contribution in [-0.4, -0.2) is 12.3 Å². The van der Waals surface area contributed by atoms with Crippen molar-refractivity contribution in [3.8, 4) is 0 Å². The van der Waals surface area contributed by atoms with Crippen LogP contribution in [0.1, 0.15) is 41.0 Å². The van der Waals surface area contributed by atoms with Crippen molar-refractivity contribution in [1.29, 1.82) is 0 Å². The highest BCUT2D eigenvalue weighted by atomic mass is 14.8. The van der Waals surface area contributed by atoms with Gasteiger partial charge in [0.05, 0.1) is 5.54 Å². The van der Waals surface area contributed by atoms with Gasteiger partial charge in [0.1, 0.15) is 0 Å². The summed E-state index contributed by atoms with van der Waals surface area (Å²) in [5.74, 6) is 0. The molecule has 0 bridgehead atoms. The number of nitrogens with zero attached hydrogens (tertiary/aromatic N) is 1. The van der Waals surface area contributed by atoms with Gasteiger partial charge in [0.2, 0.25) is 0 Å². The molecular formula is C9H19N. The van der Waals surface area contributed by atoms with Crippen molar-refractivity contribution in [2.45, 2.75) is 46.6 Å². The summed E-state index contributed by atoms with van der Waals surface area (Å²) in [5.41, 5.74) is 0.392. The van der Waals surface area contributed by atoms with Crippen molar-refractivity contribution in [3.05, 3.63) is 0 Å². The summed E-state index contributed by atoms with van der Waals surface area (Å²) in [4.78, 5) is 4.06. The molecular weight excluding hydrogens is 122 g/mol. The van der Waals surface area contributed by atoms with Crippen LogP contribution in [0.15, 0.2) is 4.99 Å². The van der Waals surface area contributed by atoms with Crippen LogP contribution in [0.4, 0.5) is 0 Å². The first kappa shape index (κ1) is 9.67. The van der Waals surface area contributed by atoms with Gasteiger partial charge in [-0.2, -0.15) is 0 Å². The molecule has 0 unspecified atom stereocenters. The molecule has 1 nitrogen and oxygen atoms in total. The number of aliphatic imine (C=N–C) groups is 1. The van der Waals surface area contributed by atoms with E-state index in [1.54, 1.807) is 0 Å². The zero-order chi connectivity index (χ0) is 8.41. The molecule has 0 saturated heterocycles. The van der Waals surface area contributed by atoms with Gasteiger partial charge in [0.15, 0.2) is 0 Å². The fraction of sp³-hybridized carbons (Fsp3) is 0.889. The van der Waals surface area contributed by atoms with Crippen molar-refractivity contribution in [2.24, 2.45) is 10.4 Å². The van der Waals surface area contributed by atoms with E-state index >= 15 is 0 Å². The van der Waals surface area contributed by atoms with Crippen molar-refractivity contribution in [3.63, 3.8) is 0 Å². The van der Waals surface area contributed by atoms with Crippen LogP contribution in [0.25, 0.3) is 0 Å². The first-order valence-corrected chi connectivity index (χ1v) is 3.75. The average molecular weight is 141 g/mol. The molecule has 60 valence electrons. The SMILES string of the molecule is C=NC(C)(C)CC(C)(C)C. The quantitative estimate of drug-likeness (QED) is 0.524. The molecule has 0 saturated carbocycles. The molecule has 0 aliphatic carbocycles. The standard InChI is InChI=1S/C9H19N/c1-8(2,3)7-9(4,5)10-6/h6-7H2,1-5H3. The molecule has 0 radical (unpaired) electrons. The van der Waals surface area contributed by atoms with Gasteiger partial charge >= 0.3 is 0 Å². The van der Waals surface area contributed by atoms with Crippen LogP contribution in [0.5, 0.6) is 0 Å². The molecule has 0 fully saturated rings. The van der Waals surface area contributed by atoms with Gasteiger partial charge in [0, 0.05) is 0 Å². The Kier molecular flexibility index (Phi) is 2.64. The monoisotopic (exact) mass is 141 g/mol. The summed E-state index contributed by atoms with van der Waals surface area (Å²) in [6.45, 7) is 14.5. The Labute approximate surface area is 64.6 Å². The van der Waals surface area contributed by atoms with Gasteiger partial charge in [-0.25, -0.2) is 0 Å². The molecule has 0 aliphatic heterocycles. The van der Waals surface area contributed by atoms with Crippen LogP contribution in [0, 0.1) is 5.41 Å². The lowest BCUT2D eigenvalue weighted by Crippen LogP contribution is -2.24. The van der Waals surface area contributed by atoms with E-state index in [9.17, 15) is 0 Å². The van der Waals surface area contributed by atoms with Gasteiger partial charge in [-0.3, -0.25) is 4.99 Å².